The molecule has 19 heavy (non-hydrogen) atoms. The van der Waals surface area contributed by atoms with E-state index >= 15 is 0 Å². The first-order chi connectivity index (χ1) is 8.89. The van der Waals surface area contributed by atoms with Gasteiger partial charge in [-0.05, 0) is 32.4 Å². The van der Waals surface area contributed by atoms with Crippen LogP contribution in [0.2, 0.25) is 0 Å². The van der Waals surface area contributed by atoms with E-state index in [1.807, 2.05) is 32.0 Å². The van der Waals surface area contributed by atoms with Crippen molar-refractivity contribution in [2.24, 2.45) is 0 Å². The third kappa shape index (κ3) is 3.10. The molecule has 0 spiro atoms. The fourth-order valence-corrected chi connectivity index (χ4v) is 2.44. The molecule has 1 aromatic rings. The Morgan fingerprint density at radius 3 is 2.95 bits per heavy atom. The summed E-state index contributed by atoms with van der Waals surface area (Å²) in [4.78, 5) is 12.7. The second-order valence-corrected chi connectivity index (χ2v) is 5.47. The van der Waals surface area contributed by atoms with Crippen LogP contribution < -0.4 is 15.4 Å². The fraction of sp³-hybridized carbons (Fsp3) is 0.500. The summed E-state index contributed by atoms with van der Waals surface area (Å²) in [7, 11) is 0. The van der Waals surface area contributed by atoms with Crippen molar-refractivity contribution in [1.82, 2.24) is 0 Å². The molecule has 0 atom stereocenters. The molecular formula is C14H20N2O3. The van der Waals surface area contributed by atoms with E-state index in [1.165, 1.54) is 0 Å². The molecule has 0 aliphatic carbocycles. The third-order valence-corrected chi connectivity index (χ3v) is 3.12. The normalized spacial score (nSPS) is 16.6. The highest BCUT2D eigenvalue weighted by Crippen LogP contribution is 2.40. The maximum absolute atomic E-state index is 10.6. The van der Waals surface area contributed by atoms with E-state index in [0.717, 1.165) is 11.4 Å². The molecule has 5 heteroatoms. The van der Waals surface area contributed by atoms with E-state index in [2.05, 4.69) is 4.90 Å². The first-order valence-corrected chi connectivity index (χ1v) is 6.43. The van der Waals surface area contributed by atoms with E-state index in [-0.39, 0.29) is 12.0 Å². The van der Waals surface area contributed by atoms with Gasteiger partial charge in [-0.1, -0.05) is 6.07 Å². The van der Waals surface area contributed by atoms with Crippen molar-refractivity contribution in [3.05, 3.63) is 18.2 Å². The van der Waals surface area contributed by atoms with Gasteiger partial charge in [-0.15, -0.1) is 0 Å². The lowest BCUT2D eigenvalue weighted by Crippen LogP contribution is -2.47. The lowest BCUT2D eigenvalue weighted by atomic mass is 10.0. The van der Waals surface area contributed by atoms with Crippen molar-refractivity contribution < 1.29 is 14.6 Å². The Kier molecular flexibility index (Phi) is 3.55. The van der Waals surface area contributed by atoms with Gasteiger partial charge in [0.15, 0.2) is 0 Å². The number of carbonyl (C=O) groups is 1. The monoisotopic (exact) mass is 264 g/mol. The second-order valence-electron chi connectivity index (χ2n) is 5.47. The van der Waals surface area contributed by atoms with Crippen LogP contribution >= 0.6 is 0 Å². The first kappa shape index (κ1) is 13.5. The van der Waals surface area contributed by atoms with Gasteiger partial charge in [0.2, 0.25) is 0 Å². The van der Waals surface area contributed by atoms with E-state index in [0.29, 0.717) is 25.2 Å². The highest BCUT2D eigenvalue weighted by Gasteiger charge is 2.32. The predicted molar refractivity (Wildman–Crippen MR) is 74.6 cm³/mol. The summed E-state index contributed by atoms with van der Waals surface area (Å²) in [6.07, 6.45) is 0.763. The highest BCUT2D eigenvalue weighted by atomic mass is 16.5. The average Bonchev–Trinajstić information content (AvgIpc) is 2.26. The zero-order valence-electron chi connectivity index (χ0n) is 11.3. The lowest BCUT2D eigenvalue weighted by Gasteiger charge is -2.41. The minimum atomic E-state index is -0.770. The molecule has 0 aromatic heterocycles. The summed E-state index contributed by atoms with van der Waals surface area (Å²) >= 11 is 0. The Morgan fingerprint density at radius 2 is 2.26 bits per heavy atom. The van der Waals surface area contributed by atoms with Gasteiger partial charge >= 0.3 is 5.97 Å². The van der Waals surface area contributed by atoms with E-state index in [4.69, 9.17) is 15.6 Å². The number of nitrogens with two attached hydrogens (primary N) is 1. The number of rotatable bonds is 4. The van der Waals surface area contributed by atoms with Gasteiger partial charge in [-0.3, -0.25) is 4.79 Å². The first-order valence-electron chi connectivity index (χ1n) is 6.43. The van der Waals surface area contributed by atoms with Crippen LogP contribution in [-0.2, 0) is 4.79 Å². The van der Waals surface area contributed by atoms with E-state index < -0.39 is 5.97 Å². The second kappa shape index (κ2) is 4.99. The summed E-state index contributed by atoms with van der Waals surface area (Å²) in [5.41, 5.74) is 7.26. The van der Waals surface area contributed by atoms with Crippen molar-refractivity contribution in [1.29, 1.82) is 0 Å². The maximum Gasteiger partial charge on any atom is 0.303 e. The minimum Gasteiger partial charge on any atom is -0.484 e. The maximum atomic E-state index is 10.6. The van der Waals surface area contributed by atoms with Gasteiger partial charge in [0.25, 0.3) is 0 Å². The van der Waals surface area contributed by atoms with Crippen LogP contribution in [0.3, 0.4) is 0 Å². The molecule has 0 amide bonds. The zero-order chi connectivity index (χ0) is 14.0. The van der Waals surface area contributed by atoms with Gasteiger partial charge < -0.3 is 20.5 Å². The predicted octanol–water partition coefficient (Wildman–Crippen LogP) is 2.11. The number of aliphatic carboxylic acids is 1. The summed E-state index contributed by atoms with van der Waals surface area (Å²) in [6, 6.07) is 5.60. The molecule has 2 rings (SSSR count). The number of anilines is 2. The summed E-state index contributed by atoms with van der Waals surface area (Å²) in [5.74, 6) is 0.000326. The molecule has 0 bridgehead atoms. The molecule has 0 radical (unpaired) electrons. The zero-order valence-corrected chi connectivity index (χ0v) is 11.3. The van der Waals surface area contributed by atoms with Crippen LogP contribution in [0.15, 0.2) is 18.2 Å². The molecule has 1 aliphatic heterocycles. The van der Waals surface area contributed by atoms with Gasteiger partial charge in [-0.25, -0.2) is 0 Å². The van der Waals surface area contributed by atoms with Crippen molar-refractivity contribution in [3.63, 3.8) is 0 Å². The SMILES string of the molecule is CC1(C)CN(CCCC(=O)O)c2c(N)cccc2O1. The number of ether oxygens (including phenoxy) is 1. The van der Waals surface area contributed by atoms with Gasteiger partial charge in [0.1, 0.15) is 17.0 Å². The van der Waals surface area contributed by atoms with Crippen LogP contribution in [0.4, 0.5) is 11.4 Å². The van der Waals surface area contributed by atoms with Crippen LogP contribution in [-0.4, -0.2) is 29.8 Å². The largest absolute Gasteiger partial charge is 0.484 e. The Hall–Kier alpha value is -1.91. The van der Waals surface area contributed by atoms with Crippen molar-refractivity contribution in [2.45, 2.75) is 32.3 Å². The Balaban J connectivity index is 2.21. The number of benzene rings is 1. The molecule has 0 fully saturated rings. The molecular weight excluding hydrogens is 244 g/mol. The topological polar surface area (TPSA) is 75.8 Å². The molecule has 1 aliphatic rings. The van der Waals surface area contributed by atoms with Gasteiger partial charge in [-0.2, -0.15) is 0 Å². The Labute approximate surface area is 113 Å². The number of nitrogens with zero attached hydrogens (tertiary/aromatic N) is 1. The number of carboxylic acid groups (broad SMARTS) is 1. The van der Waals surface area contributed by atoms with Crippen molar-refractivity contribution >= 4 is 17.3 Å². The standard InChI is InChI=1S/C14H20N2O3/c1-14(2)9-16(8-4-7-12(17)18)13-10(15)5-3-6-11(13)19-14/h3,5-6H,4,7-9,15H2,1-2H3,(H,17,18). The number of hydrogen-bond donors (Lipinski definition) is 2. The number of hydrogen-bond acceptors (Lipinski definition) is 4. The molecule has 0 unspecified atom stereocenters. The summed E-state index contributed by atoms with van der Waals surface area (Å²) < 4.78 is 5.92. The molecule has 5 nitrogen and oxygen atoms in total. The number of carboxylic acids is 1. The molecule has 104 valence electrons. The molecule has 3 N–H and O–H groups in total. The minimum absolute atomic E-state index is 0.167. The Bertz CT molecular complexity index is 486. The van der Waals surface area contributed by atoms with Crippen LogP contribution in [0.1, 0.15) is 26.7 Å². The van der Waals surface area contributed by atoms with Gasteiger partial charge in [0, 0.05) is 13.0 Å². The average molecular weight is 264 g/mol. The highest BCUT2D eigenvalue weighted by molar-refractivity contribution is 5.76. The number of fused-ring (bicyclic) bond motifs is 1. The number of para-hydroxylation sites is 1. The summed E-state index contributed by atoms with van der Waals surface area (Å²) in [6.45, 7) is 5.40. The van der Waals surface area contributed by atoms with Gasteiger partial charge in [0.05, 0.1) is 12.2 Å². The smallest absolute Gasteiger partial charge is 0.303 e. The van der Waals surface area contributed by atoms with Crippen molar-refractivity contribution in [3.8, 4) is 5.75 Å². The Morgan fingerprint density at radius 1 is 1.53 bits per heavy atom. The van der Waals surface area contributed by atoms with E-state index in [9.17, 15) is 4.79 Å². The van der Waals surface area contributed by atoms with Crippen LogP contribution in [0, 0.1) is 0 Å². The van der Waals surface area contributed by atoms with Crippen molar-refractivity contribution in [2.75, 3.05) is 23.7 Å². The third-order valence-electron chi connectivity index (χ3n) is 3.12. The molecule has 1 heterocycles. The molecule has 0 saturated carbocycles. The van der Waals surface area contributed by atoms with Crippen LogP contribution in [0.5, 0.6) is 5.75 Å². The summed E-state index contributed by atoms with van der Waals surface area (Å²) in [5, 5.41) is 8.73. The van der Waals surface area contributed by atoms with Crippen LogP contribution in [0.25, 0.3) is 0 Å². The molecule has 0 saturated heterocycles. The quantitative estimate of drug-likeness (QED) is 0.815. The lowest BCUT2D eigenvalue weighted by molar-refractivity contribution is -0.137. The van der Waals surface area contributed by atoms with E-state index in [1.54, 1.807) is 0 Å². The number of nitrogen functional groups attached to an aromatic ring is 1. The molecule has 1 aromatic carbocycles. The fourth-order valence-electron chi connectivity index (χ4n) is 2.44.